The van der Waals surface area contributed by atoms with Crippen LogP contribution >= 0.6 is 11.3 Å². The fraction of sp³-hybridized carbons (Fsp3) is 0.583. The molecule has 0 spiro atoms. The average Bonchev–Trinajstić information content (AvgIpc) is 2.64. The molecule has 1 heterocycles. The van der Waals surface area contributed by atoms with Gasteiger partial charge in [-0.15, -0.1) is 23.7 Å². The van der Waals surface area contributed by atoms with Crippen molar-refractivity contribution < 1.29 is 0 Å². The molecule has 1 unspecified atom stereocenters. The minimum Gasteiger partial charge on any atom is -0.309 e. The average molecular weight is 222 g/mol. The molecule has 0 aromatic carbocycles. The summed E-state index contributed by atoms with van der Waals surface area (Å²) in [6.07, 6.45) is 8.23. The number of hydrogen-bond acceptors (Lipinski definition) is 3. The molecular weight excluding hydrogens is 204 g/mol. The van der Waals surface area contributed by atoms with Crippen LogP contribution in [0.25, 0.3) is 0 Å². The summed E-state index contributed by atoms with van der Waals surface area (Å²) in [4.78, 5) is 4.51. The summed E-state index contributed by atoms with van der Waals surface area (Å²) in [5.41, 5.74) is 1.16. The van der Waals surface area contributed by atoms with Crippen LogP contribution in [0.1, 0.15) is 42.9 Å². The van der Waals surface area contributed by atoms with Gasteiger partial charge in [-0.3, -0.25) is 0 Å². The van der Waals surface area contributed by atoms with Gasteiger partial charge in [-0.25, -0.2) is 4.98 Å². The normalized spacial score (nSPS) is 12.3. The van der Waals surface area contributed by atoms with Gasteiger partial charge in [0.25, 0.3) is 0 Å². The molecule has 3 heteroatoms. The Bertz CT molecular complexity index is 325. The zero-order valence-corrected chi connectivity index (χ0v) is 10.2. The van der Waals surface area contributed by atoms with Gasteiger partial charge < -0.3 is 5.32 Å². The Morgan fingerprint density at radius 2 is 2.47 bits per heavy atom. The second-order valence-electron chi connectivity index (χ2n) is 3.50. The van der Waals surface area contributed by atoms with Crippen LogP contribution in [-0.4, -0.2) is 11.5 Å². The summed E-state index contributed by atoms with van der Waals surface area (Å²) in [5, 5.41) is 6.71. The van der Waals surface area contributed by atoms with E-state index in [0.29, 0.717) is 6.04 Å². The SMILES string of the molecule is C#CCCCC(NCC)c1csc(C)n1. The van der Waals surface area contributed by atoms with E-state index in [1.807, 2.05) is 6.92 Å². The molecule has 1 aromatic heterocycles. The molecule has 0 saturated carbocycles. The predicted molar refractivity (Wildman–Crippen MR) is 66.0 cm³/mol. The lowest BCUT2D eigenvalue weighted by atomic mass is 10.1. The maximum absolute atomic E-state index is 5.25. The van der Waals surface area contributed by atoms with E-state index >= 15 is 0 Å². The zero-order chi connectivity index (χ0) is 11.1. The van der Waals surface area contributed by atoms with Gasteiger partial charge in [0.05, 0.1) is 16.7 Å². The molecule has 0 aliphatic heterocycles. The number of unbranched alkanes of at least 4 members (excludes halogenated alkanes) is 1. The number of aryl methyl sites for hydroxylation is 1. The summed E-state index contributed by atoms with van der Waals surface area (Å²) in [5.74, 6) is 2.68. The van der Waals surface area contributed by atoms with E-state index in [1.165, 1.54) is 0 Å². The number of hydrogen-bond donors (Lipinski definition) is 1. The fourth-order valence-electron chi connectivity index (χ4n) is 1.55. The lowest BCUT2D eigenvalue weighted by Crippen LogP contribution is -2.21. The highest BCUT2D eigenvalue weighted by atomic mass is 32.1. The van der Waals surface area contributed by atoms with E-state index in [4.69, 9.17) is 6.42 Å². The van der Waals surface area contributed by atoms with Crippen molar-refractivity contribution in [2.45, 2.75) is 39.2 Å². The highest BCUT2D eigenvalue weighted by molar-refractivity contribution is 7.09. The van der Waals surface area contributed by atoms with Crippen molar-refractivity contribution in [2.24, 2.45) is 0 Å². The Hall–Kier alpha value is -0.850. The van der Waals surface area contributed by atoms with Crippen molar-refractivity contribution >= 4 is 11.3 Å². The quantitative estimate of drug-likeness (QED) is 0.591. The molecule has 2 nitrogen and oxygen atoms in total. The van der Waals surface area contributed by atoms with Gasteiger partial charge >= 0.3 is 0 Å². The minimum atomic E-state index is 0.369. The molecule has 0 amide bonds. The van der Waals surface area contributed by atoms with E-state index in [1.54, 1.807) is 11.3 Å². The molecule has 0 bridgehead atoms. The monoisotopic (exact) mass is 222 g/mol. The van der Waals surface area contributed by atoms with Crippen LogP contribution in [0.2, 0.25) is 0 Å². The maximum Gasteiger partial charge on any atom is 0.0898 e. The molecule has 1 atom stereocenters. The first kappa shape index (κ1) is 12.2. The minimum absolute atomic E-state index is 0.369. The third-order valence-electron chi connectivity index (χ3n) is 2.26. The Balaban J connectivity index is 2.54. The molecule has 0 aliphatic carbocycles. The molecule has 1 N–H and O–H groups in total. The number of nitrogens with one attached hydrogen (secondary N) is 1. The van der Waals surface area contributed by atoms with E-state index in [0.717, 1.165) is 36.5 Å². The number of aromatic nitrogens is 1. The number of terminal acetylenes is 1. The topological polar surface area (TPSA) is 24.9 Å². The van der Waals surface area contributed by atoms with Gasteiger partial charge in [0, 0.05) is 11.8 Å². The Morgan fingerprint density at radius 1 is 1.67 bits per heavy atom. The van der Waals surface area contributed by atoms with Crippen molar-refractivity contribution in [3.05, 3.63) is 16.1 Å². The van der Waals surface area contributed by atoms with Gasteiger partial charge in [0.15, 0.2) is 0 Å². The van der Waals surface area contributed by atoms with Crippen molar-refractivity contribution in [3.63, 3.8) is 0 Å². The lowest BCUT2D eigenvalue weighted by molar-refractivity contribution is 0.492. The molecule has 1 rings (SSSR count). The van der Waals surface area contributed by atoms with Crippen LogP contribution in [-0.2, 0) is 0 Å². The molecule has 0 fully saturated rings. The number of thiazole rings is 1. The van der Waals surface area contributed by atoms with Gasteiger partial charge in [0.1, 0.15) is 0 Å². The van der Waals surface area contributed by atoms with Crippen LogP contribution < -0.4 is 5.32 Å². The van der Waals surface area contributed by atoms with Crippen molar-refractivity contribution in [3.8, 4) is 12.3 Å². The highest BCUT2D eigenvalue weighted by Crippen LogP contribution is 2.20. The summed E-state index contributed by atoms with van der Waals surface area (Å²) in [6, 6.07) is 0.369. The molecule has 82 valence electrons. The van der Waals surface area contributed by atoms with Crippen LogP contribution in [0.4, 0.5) is 0 Å². The Labute approximate surface area is 96.1 Å². The largest absolute Gasteiger partial charge is 0.309 e. The first-order valence-corrected chi connectivity index (χ1v) is 6.24. The van der Waals surface area contributed by atoms with Gasteiger partial charge in [0.2, 0.25) is 0 Å². The lowest BCUT2D eigenvalue weighted by Gasteiger charge is -2.14. The first-order chi connectivity index (χ1) is 7.27. The smallest absolute Gasteiger partial charge is 0.0898 e. The standard InChI is InChI=1S/C12H18N2S/c1-4-6-7-8-11(13-5-2)12-9-15-10(3)14-12/h1,9,11,13H,5-8H2,2-3H3. The highest BCUT2D eigenvalue weighted by Gasteiger charge is 2.12. The van der Waals surface area contributed by atoms with Crippen molar-refractivity contribution in [1.29, 1.82) is 0 Å². The van der Waals surface area contributed by atoms with Gasteiger partial charge in [-0.05, 0) is 26.3 Å². The van der Waals surface area contributed by atoms with Gasteiger partial charge in [-0.1, -0.05) is 6.92 Å². The van der Waals surface area contributed by atoms with E-state index in [2.05, 4.69) is 28.5 Å². The maximum atomic E-state index is 5.25. The molecule has 0 saturated heterocycles. The summed E-state index contributed by atoms with van der Waals surface area (Å²) < 4.78 is 0. The van der Waals surface area contributed by atoms with E-state index in [-0.39, 0.29) is 0 Å². The van der Waals surface area contributed by atoms with E-state index < -0.39 is 0 Å². The third-order valence-corrected chi connectivity index (χ3v) is 3.05. The Kier molecular flexibility index (Phi) is 5.38. The van der Waals surface area contributed by atoms with Crippen LogP contribution in [0.3, 0.4) is 0 Å². The molecular formula is C12H18N2S. The molecule has 0 radical (unpaired) electrons. The van der Waals surface area contributed by atoms with Crippen LogP contribution in [0.5, 0.6) is 0 Å². The molecule has 0 aliphatic rings. The van der Waals surface area contributed by atoms with Crippen molar-refractivity contribution in [1.82, 2.24) is 10.3 Å². The zero-order valence-electron chi connectivity index (χ0n) is 9.42. The third kappa shape index (κ3) is 4.03. The van der Waals surface area contributed by atoms with Crippen molar-refractivity contribution in [2.75, 3.05) is 6.54 Å². The molecule has 15 heavy (non-hydrogen) atoms. The first-order valence-electron chi connectivity index (χ1n) is 5.36. The Morgan fingerprint density at radius 3 is 3.00 bits per heavy atom. The molecule has 1 aromatic rings. The summed E-state index contributed by atoms with van der Waals surface area (Å²) >= 11 is 1.71. The summed E-state index contributed by atoms with van der Waals surface area (Å²) in [7, 11) is 0. The fourth-order valence-corrected chi connectivity index (χ4v) is 2.22. The van der Waals surface area contributed by atoms with E-state index in [9.17, 15) is 0 Å². The predicted octanol–water partition coefficient (Wildman–Crippen LogP) is 2.91. The second-order valence-corrected chi connectivity index (χ2v) is 4.56. The van der Waals surface area contributed by atoms with Crippen LogP contribution in [0, 0.1) is 19.3 Å². The number of rotatable bonds is 6. The number of nitrogens with zero attached hydrogens (tertiary/aromatic N) is 1. The van der Waals surface area contributed by atoms with Gasteiger partial charge in [-0.2, -0.15) is 0 Å². The van der Waals surface area contributed by atoms with Crippen LogP contribution in [0.15, 0.2) is 5.38 Å². The second kappa shape index (κ2) is 6.60. The summed E-state index contributed by atoms with van der Waals surface area (Å²) in [6.45, 7) is 5.13.